The summed E-state index contributed by atoms with van der Waals surface area (Å²) >= 11 is 1.40. The first-order chi connectivity index (χ1) is 14.4. The molecule has 0 bridgehead atoms. The van der Waals surface area contributed by atoms with E-state index in [2.05, 4.69) is 20.9 Å². The molecule has 1 heterocycles. The highest BCUT2D eigenvalue weighted by Gasteiger charge is 2.28. The van der Waals surface area contributed by atoms with Gasteiger partial charge in [0.25, 0.3) is 5.91 Å². The maximum absolute atomic E-state index is 12.2. The fourth-order valence-electron chi connectivity index (χ4n) is 2.36. The van der Waals surface area contributed by atoms with Crippen LogP contribution in [0.3, 0.4) is 0 Å². The van der Waals surface area contributed by atoms with Gasteiger partial charge >= 0.3 is 6.18 Å². The third kappa shape index (κ3) is 9.17. The minimum atomic E-state index is -4.36. The Morgan fingerprint density at radius 2 is 1.83 bits per heavy atom. The summed E-state index contributed by atoms with van der Waals surface area (Å²) in [5, 5.41) is 11.0. The maximum atomic E-state index is 12.2. The number of aliphatic imine (C=N–C) groups is 1. The van der Waals surface area contributed by atoms with Crippen molar-refractivity contribution in [2.45, 2.75) is 26.1 Å². The van der Waals surface area contributed by atoms with Crippen molar-refractivity contribution in [2.75, 3.05) is 26.2 Å². The van der Waals surface area contributed by atoms with E-state index >= 15 is 0 Å². The lowest BCUT2D eigenvalue weighted by Crippen LogP contribution is -2.38. The molecule has 30 heavy (non-hydrogen) atoms. The van der Waals surface area contributed by atoms with Crippen molar-refractivity contribution in [1.29, 1.82) is 0 Å². The molecule has 1 amide bonds. The summed E-state index contributed by atoms with van der Waals surface area (Å²) in [6.07, 6.45) is -3.63. The summed E-state index contributed by atoms with van der Waals surface area (Å²) in [7, 11) is 0. The van der Waals surface area contributed by atoms with Gasteiger partial charge in [0.15, 0.2) is 12.6 Å². The fourth-order valence-corrected chi connectivity index (χ4v) is 3.00. The Kier molecular flexibility index (Phi) is 9.46. The highest BCUT2D eigenvalue weighted by molar-refractivity contribution is 7.12. The number of guanidine groups is 1. The first-order valence-electron chi connectivity index (χ1n) is 9.50. The number of thiophene rings is 1. The zero-order valence-corrected chi connectivity index (χ0v) is 17.4. The van der Waals surface area contributed by atoms with E-state index in [1.54, 1.807) is 18.2 Å². The molecule has 2 aromatic rings. The van der Waals surface area contributed by atoms with E-state index in [-0.39, 0.29) is 11.7 Å². The van der Waals surface area contributed by atoms with Crippen molar-refractivity contribution < 1.29 is 22.7 Å². The maximum Gasteiger partial charge on any atom is 0.422 e. The normalized spacial score (nSPS) is 11.8. The first-order valence-corrected chi connectivity index (χ1v) is 10.4. The molecule has 0 spiro atoms. The number of halogens is 3. The highest BCUT2D eigenvalue weighted by Crippen LogP contribution is 2.19. The third-order valence-electron chi connectivity index (χ3n) is 3.77. The summed E-state index contributed by atoms with van der Waals surface area (Å²) in [6, 6.07) is 9.96. The molecule has 0 unspecified atom stereocenters. The number of ether oxygens (including phenoxy) is 1. The lowest BCUT2D eigenvalue weighted by molar-refractivity contribution is -0.153. The zero-order chi connectivity index (χ0) is 21.8. The van der Waals surface area contributed by atoms with E-state index in [4.69, 9.17) is 4.74 Å². The molecule has 1 aromatic carbocycles. The lowest BCUT2D eigenvalue weighted by Gasteiger charge is -2.12. The SMILES string of the molecule is CCNC(=NCc1ccc(OCC(F)(F)F)cc1)NCCCNC(=O)c1cccs1. The summed E-state index contributed by atoms with van der Waals surface area (Å²) < 4.78 is 41.2. The largest absolute Gasteiger partial charge is 0.484 e. The van der Waals surface area contributed by atoms with Crippen LogP contribution in [-0.2, 0) is 6.54 Å². The lowest BCUT2D eigenvalue weighted by atomic mass is 10.2. The van der Waals surface area contributed by atoms with E-state index in [1.807, 2.05) is 18.4 Å². The van der Waals surface area contributed by atoms with Gasteiger partial charge in [-0.3, -0.25) is 4.79 Å². The number of alkyl halides is 3. The molecule has 1 aromatic heterocycles. The highest BCUT2D eigenvalue weighted by atomic mass is 32.1. The van der Waals surface area contributed by atoms with Gasteiger partial charge in [-0.2, -0.15) is 13.2 Å². The van der Waals surface area contributed by atoms with E-state index < -0.39 is 12.8 Å². The fraction of sp³-hybridized carbons (Fsp3) is 0.400. The third-order valence-corrected chi connectivity index (χ3v) is 4.63. The summed E-state index contributed by atoms with van der Waals surface area (Å²) in [6.45, 7) is 2.86. The van der Waals surface area contributed by atoms with E-state index in [9.17, 15) is 18.0 Å². The van der Waals surface area contributed by atoms with Gasteiger partial charge in [-0.1, -0.05) is 18.2 Å². The van der Waals surface area contributed by atoms with Gasteiger partial charge in [-0.25, -0.2) is 4.99 Å². The summed E-state index contributed by atoms with van der Waals surface area (Å²) in [5.41, 5.74) is 0.842. The Labute approximate surface area is 177 Å². The molecule has 0 radical (unpaired) electrons. The molecular formula is C20H25F3N4O2S. The molecule has 0 aliphatic rings. The van der Waals surface area contributed by atoms with Crippen molar-refractivity contribution in [3.8, 4) is 5.75 Å². The Morgan fingerprint density at radius 1 is 1.10 bits per heavy atom. The number of amides is 1. The molecule has 164 valence electrons. The Balaban J connectivity index is 1.73. The van der Waals surface area contributed by atoms with Gasteiger partial charge in [-0.15, -0.1) is 11.3 Å². The molecule has 2 rings (SSSR count). The average molecular weight is 443 g/mol. The van der Waals surface area contributed by atoms with Crippen LogP contribution >= 0.6 is 11.3 Å². The molecule has 0 aliphatic carbocycles. The van der Waals surface area contributed by atoms with E-state index in [0.29, 0.717) is 37.0 Å². The number of carbonyl (C=O) groups is 1. The second-order valence-corrected chi connectivity index (χ2v) is 7.20. The predicted octanol–water partition coefficient (Wildman–Crippen LogP) is 3.56. The molecular weight excluding hydrogens is 417 g/mol. The molecule has 0 aliphatic heterocycles. The first kappa shape index (κ1) is 23.5. The Hall–Kier alpha value is -2.75. The van der Waals surface area contributed by atoms with Crippen molar-refractivity contribution >= 4 is 23.2 Å². The van der Waals surface area contributed by atoms with Crippen LogP contribution in [-0.4, -0.2) is 44.3 Å². The quantitative estimate of drug-likeness (QED) is 0.299. The van der Waals surface area contributed by atoms with Crippen LogP contribution in [0, 0.1) is 0 Å². The van der Waals surface area contributed by atoms with Crippen LogP contribution in [0.4, 0.5) is 13.2 Å². The standard InChI is InChI=1S/C20H25F3N4O2S/c1-2-24-19(26-11-4-10-25-18(28)17-5-3-12-30-17)27-13-15-6-8-16(9-7-15)29-14-20(21,22)23/h3,5-9,12H,2,4,10-11,13-14H2,1H3,(H,25,28)(H2,24,26,27). The van der Waals surface area contributed by atoms with Gasteiger partial charge in [-0.05, 0) is 42.5 Å². The van der Waals surface area contributed by atoms with Crippen LogP contribution in [0.2, 0.25) is 0 Å². The predicted molar refractivity (Wildman–Crippen MR) is 112 cm³/mol. The van der Waals surface area contributed by atoms with Gasteiger partial charge in [0.2, 0.25) is 0 Å². The van der Waals surface area contributed by atoms with Crippen molar-refractivity contribution in [1.82, 2.24) is 16.0 Å². The monoisotopic (exact) mass is 442 g/mol. The van der Waals surface area contributed by atoms with Crippen LogP contribution < -0.4 is 20.7 Å². The van der Waals surface area contributed by atoms with E-state index in [0.717, 1.165) is 12.0 Å². The topological polar surface area (TPSA) is 74.8 Å². The van der Waals surface area contributed by atoms with Crippen LogP contribution in [0.25, 0.3) is 0 Å². The van der Waals surface area contributed by atoms with Crippen molar-refractivity contribution in [2.24, 2.45) is 4.99 Å². The van der Waals surface area contributed by atoms with Crippen LogP contribution in [0.15, 0.2) is 46.8 Å². The molecule has 0 fully saturated rings. The molecule has 0 atom stereocenters. The average Bonchev–Trinajstić information content (AvgIpc) is 3.25. The molecule has 3 N–H and O–H groups in total. The Bertz CT molecular complexity index is 793. The van der Waals surface area contributed by atoms with E-state index in [1.165, 1.54) is 23.5 Å². The minimum Gasteiger partial charge on any atom is -0.484 e. The number of nitrogens with one attached hydrogen (secondary N) is 3. The smallest absolute Gasteiger partial charge is 0.422 e. The van der Waals surface area contributed by atoms with Crippen LogP contribution in [0.5, 0.6) is 5.75 Å². The van der Waals surface area contributed by atoms with Gasteiger partial charge in [0.1, 0.15) is 5.75 Å². The second-order valence-electron chi connectivity index (χ2n) is 6.26. The molecule has 0 saturated heterocycles. The number of rotatable bonds is 10. The molecule has 6 nitrogen and oxygen atoms in total. The number of benzene rings is 1. The van der Waals surface area contributed by atoms with Gasteiger partial charge < -0.3 is 20.7 Å². The zero-order valence-electron chi connectivity index (χ0n) is 16.6. The minimum absolute atomic E-state index is 0.0757. The van der Waals surface area contributed by atoms with Crippen LogP contribution in [0.1, 0.15) is 28.6 Å². The number of hydrogen-bond acceptors (Lipinski definition) is 4. The Morgan fingerprint density at radius 3 is 2.47 bits per heavy atom. The second kappa shape index (κ2) is 12.1. The van der Waals surface area contributed by atoms with Crippen molar-refractivity contribution in [3.63, 3.8) is 0 Å². The summed E-state index contributed by atoms with van der Waals surface area (Å²) in [4.78, 5) is 17.0. The number of nitrogens with zero attached hydrogens (tertiary/aromatic N) is 1. The van der Waals surface area contributed by atoms with Gasteiger partial charge in [0.05, 0.1) is 11.4 Å². The van der Waals surface area contributed by atoms with Gasteiger partial charge in [0, 0.05) is 19.6 Å². The molecule has 0 saturated carbocycles. The summed E-state index contributed by atoms with van der Waals surface area (Å²) in [5.74, 6) is 0.711. The van der Waals surface area contributed by atoms with Crippen molar-refractivity contribution in [3.05, 3.63) is 52.2 Å². The number of hydrogen-bond donors (Lipinski definition) is 3. The number of carbonyl (C=O) groups excluding carboxylic acids is 1. The molecule has 10 heteroatoms.